The fraction of sp³-hybridized carbons (Fsp3) is 0.467. The number of hydrogen-bond donors (Lipinski definition) is 3. The van der Waals surface area contributed by atoms with Gasteiger partial charge in [0, 0.05) is 11.9 Å². The molecular weight excluding hydrogens is 298 g/mol. The summed E-state index contributed by atoms with van der Waals surface area (Å²) in [5.41, 5.74) is 19.3. The summed E-state index contributed by atoms with van der Waals surface area (Å²) < 4.78 is 0. The lowest BCUT2D eigenvalue weighted by atomic mass is 10.1. The third kappa shape index (κ3) is 2.40. The van der Waals surface area contributed by atoms with Crippen LogP contribution in [0.5, 0.6) is 0 Å². The van der Waals surface area contributed by atoms with Crippen molar-refractivity contribution in [1.82, 2.24) is 4.98 Å². The van der Waals surface area contributed by atoms with E-state index >= 15 is 0 Å². The van der Waals surface area contributed by atoms with Gasteiger partial charge in [0.05, 0.1) is 11.9 Å². The predicted molar refractivity (Wildman–Crippen MR) is 91.1 cm³/mol. The van der Waals surface area contributed by atoms with Gasteiger partial charge >= 0.3 is 0 Å². The van der Waals surface area contributed by atoms with Gasteiger partial charge < -0.3 is 22.1 Å². The zero-order valence-corrected chi connectivity index (χ0v) is 13.4. The minimum Gasteiger partial charge on any atom is -0.397 e. The summed E-state index contributed by atoms with van der Waals surface area (Å²) in [6.07, 6.45) is 3.93. The topological polar surface area (TPSA) is 111 Å². The number of pyridine rings is 1. The summed E-state index contributed by atoms with van der Waals surface area (Å²) in [4.78, 5) is 19.5. The van der Waals surface area contributed by atoms with Gasteiger partial charge in [0.2, 0.25) is 0 Å². The van der Waals surface area contributed by atoms with Gasteiger partial charge in [-0.15, -0.1) is 11.3 Å². The Hall–Kier alpha value is -1.86. The average Bonchev–Trinajstić information content (AvgIpc) is 3.03. The SMILES string of the molecule is CCCc1cc(N2CCC[C@H]2N)nc2sc(C(N)=O)c(N)c12. The van der Waals surface area contributed by atoms with Gasteiger partial charge in [0.15, 0.2) is 0 Å². The number of aromatic nitrogens is 1. The van der Waals surface area contributed by atoms with Crippen molar-refractivity contribution in [2.24, 2.45) is 11.5 Å². The Kier molecular flexibility index (Phi) is 3.92. The van der Waals surface area contributed by atoms with Crippen LogP contribution in [0.2, 0.25) is 0 Å². The number of nitrogen functional groups attached to an aromatic ring is 1. The molecule has 0 radical (unpaired) electrons. The monoisotopic (exact) mass is 319 g/mol. The number of aryl methyl sites for hydroxylation is 1. The molecule has 2 aromatic heterocycles. The number of primary amides is 1. The van der Waals surface area contributed by atoms with Crippen LogP contribution in [0.4, 0.5) is 11.5 Å². The molecule has 6 nitrogen and oxygen atoms in total. The van der Waals surface area contributed by atoms with E-state index in [4.69, 9.17) is 22.2 Å². The standard InChI is InChI=1S/C15H21N5OS/c1-2-4-8-7-10(20-6-3-5-9(20)16)19-15-11(8)12(17)13(22-15)14(18)21/h7,9H,2-6,16-17H2,1H3,(H2,18,21)/t9-/m0/s1. The normalized spacial score (nSPS) is 18.3. The smallest absolute Gasteiger partial charge is 0.260 e. The second-order valence-corrected chi connectivity index (χ2v) is 6.68. The molecule has 0 aliphatic carbocycles. The second kappa shape index (κ2) is 5.73. The summed E-state index contributed by atoms with van der Waals surface area (Å²) in [6, 6.07) is 2.06. The van der Waals surface area contributed by atoms with Crippen LogP contribution in [-0.2, 0) is 6.42 Å². The van der Waals surface area contributed by atoms with Crippen LogP contribution in [0.25, 0.3) is 10.2 Å². The van der Waals surface area contributed by atoms with Gasteiger partial charge in [-0.3, -0.25) is 4.79 Å². The molecule has 3 rings (SSSR count). The lowest BCUT2D eigenvalue weighted by molar-refractivity contribution is 0.100. The van der Waals surface area contributed by atoms with Gasteiger partial charge in [0.1, 0.15) is 15.5 Å². The van der Waals surface area contributed by atoms with Crippen LogP contribution in [0.1, 0.15) is 41.4 Å². The van der Waals surface area contributed by atoms with E-state index in [1.807, 2.05) is 0 Å². The van der Waals surface area contributed by atoms with Crippen LogP contribution < -0.4 is 22.1 Å². The summed E-state index contributed by atoms with van der Waals surface area (Å²) >= 11 is 1.27. The molecule has 0 bridgehead atoms. The highest BCUT2D eigenvalue weighted by molar-refractivity contribution is 7.21. The minimum atomic E-state index is -0.498. The maximum absolute atomic E-state index is 11.5. The number of anilines is 2. The molecule has 0 saturated carbocycles. The van der Waals surface area contributed by atoms with Crippen LogP contribution in [0.3, 0.4) is 0 Å². The zero-order chi connectivity index (χ0) is 15.9. The van der Waals surface area contributed by atoms with Crippen molar-refractivity contribution in [3.8, 4) is 0 Å². The Bertz CT molecular complexity index is 726. The molecule has 7 heteroatoms. The number of hydrogen-bond acceptors (Lipinski definition) is 6. The van der Waals surface area contributed by atoms with Crippen molar-refractivity contribution in [1.29, 1.82) is 0 Å². The van der Waals surface area contributed by atoms with Gasteiger partial charge in [-0.1, -0.05) is 13.3 Å². The number of amides is 1. The van der Waals surface area contributed by atoms with Crippen LogP contribution >= 0.6 is 11.3 Å². The second-order valence-electron chi connectivity index (χ2n) is 5.68. The Labute approximate surface area is 133 Å². The quantitative estimate of drug-likeness (QED) is 0.796. The molecule has 1 atom stereocenters. The van der Waals surface area contributed by atoms with Gasteiger partial charge in [-0.25, -0.2) is 4.98 Å². The van der Waals surface area contributed by atoms with E-state index in [2.05, 4.69) is 17.9 Å². The van der Waals surface area contributed by atoms with E-state index in [9.17, 15) is 4.79 Å². The lowest BCUT2D eigenvalue weighted by Crippen LogP contribution is -2.37. The number of nitrogens with two attached hydrogens (primary N) is 3. The highest BCUT2D eigenvalue weighted by Crippen LogP contribution is 2.37. The molecule has 1 aliphatic rings. The Morgan fingerprint density at radius 1 is 1.55 bits per heavy atom. The molecule has 0 aromatic carbocycles. The molecule has 118 valence electrons. The Morgan fingerprint density at radius 2 is 2.32 bits per heavy atom. The fourth-order valence-corrected chi connectivity index (χ4v) is 4.05. The van der Waals surface area contributed by atoms with Crippen molar-refractivity contribution in [2.45, 2.75) is 38.8 Å². The van der Waals surface area contributed by atoms with Gasteiger partial charge in [-0.2, -0.15) is 0 Å². The molecule has 0 spiro atoms. The average molecular weight is 319 g/mol. The maximum atomic E-state index is 11.5. The number of thiophene rings is 1. The molecule has 1 saturated heterocycles. The first-order chi connectivity index (χ1) is 10.5. The van der Waals surface area contributed by atoms with Gasteiger partial charge in [0.25, 0.3) is 5.91 Å². The number of fused-ring (bicyclic) bond motifs is 1. The van der Waals surface area contributed by atoms with E-state index in [-0.39, 0.29) is 6.17 Å². The van der Waals surface area contributed by atoms with Crippen molar-refractivity contribution in [2.75, 3.05) is 17.2 Å². The minimum absolute atomic E-state index is 0.00680. The van der Waals surface area contributed by atoms with Crippen molar-refractivity contribution in [3.63, 3.8) is 0 Å². The molecule has 2 aromatic rings. The number of carbonyl (C=O) groups excluding carboxylic acids is 1. The summed E-state index contributed by atoms with van der Waals surface area (Å²) in [5, 5.41) is 0.872. The maximum Gasteiger partial charge on any atom is 0.260 e. The van der Waals surface area contributed by atoms with E-state index < -0.39 is 5.91 Å². The largest absolute Gasteiger partial charge is 0.397 e. The van der Waals surface area contributed by atoms with Crippen LogP contribution in [-0.4, -0.2) is 23.6 Å². The Balaban J connectivity index is 2.18. The Morgan fingerprint density at radius 3 is 2.91 bits per heavy atom. The molecule has 1 aliphatic heterocycles. The fourth-order valence-electron chi connectivity index (χ4n) is 3.06. The molecular formula is C15H21N5OS. The lowest BCUT2D eigenvalue weighted by Gasteiger charge is -2.23. The first-order valence-electron chi connectivity index (χ1n) is 7.56. The summed E-state index contributed by atoms with van der Waals surface area (Å²) in [7, 11) is 0. The molecule has 3 heterocycles. The number of carbonyl (C=O) groups is 1. The van der Waals surface area contributed by atoms with Crippen molar-refractivity contribution >= 4 is 39.0 Å². The van der Waals surface area contributed by atoms with Crippen molar-refractivity contribution < 1.29 is 4.79 Å². The summed E-state index contributed by atoms with van der Waals surface area (Å²) in [6.45, 7) is 3.03. The number of nitrogens with zero attached hydrogens (tertiary/aromatic N) is 2. The first-order valence-corrected chi connectivity index (χ1v) is 8.38. The summed E-state index contributed by atoms with van der Waals surface area (Å²) in [5.74, 6) is 0.376. The third-order valence-electron chi connectivity index (χ3n) is 4.10. The van der Waals surface area contributed by atoms with E-state index in [1.54, 1.807) is 0 Å². The van der Waals surface area contributed by atoms with Crippen LogP contribution in [0, 0.1) is 0 Å². The highest BCUT2D eigenvalue weighted by Gasteiger charge is 2.25. The number of rotatable bonds is 4. The highest BCUT2D eigenvalue weighted by atomic mass is 32.1. The van der Waals surface area contributed by atoms with Crippen LogP contribution in [0.15, 0.2) is 6.07 Å². The predicted octanol–water partition coefficient (Wildman–Crippen LogP) is 1.81. The van der Waals surface area contributed by atoms with E-state index in [0.29, 0.717) is 10.6 Å². The zero-order valence-electron chi connectivity index (χ0n) is 12.6. The van der Waals surface area contributed by atoms with Crippen molar-refractivity contribution in [3.05, 3.63) is 16.5 Å². The van der Waals surface area contributed by atoms with E-state index in [1.165, 1.54) is 11.3 Å². The molecule has 1 fully saturated rings. The molecule has 6 N–H and O–H groups in total. The van der Waals surface area contributed by atoms with E-state index in [0.717, 1.165) is 53.8 Å². The first kappa shape index (κ1) is 15.1. The molecule has 0 unspecified atom stereocenters. The third-order valence-corrected chi connectivity index (χ3v) is 5.22. The molecule has 22 heavy (non-hydrogen) atoms. The van der Waals surface area contributed by atoms with Gasteiger partial charge in [-0.05, 0) is 30.9 Å². The molecule has 1 amide bonds.